The van der Waals surface area contributed by atoms with Crippen LogP contribution in [0.1, 0.15) is 35.2 Å². The van der Waals surface area contributed by atoms with Gasteiger partial charge < -0.3 is 9.84 Å². The Labute approximate surface area is 99.2 Å². The maximum absolute atomic E-state index is 13.1. The molecule has 0 heterocycles. The maximum Gasteiger partial charge on any atom is 0.335 e. The van der Waals surface area contributed by atoms with Crippen molar-refractivity contribution in [2.24, 2.45) is 5.92 Å². The Morgan fingerprint density at radius 1 is 1.41 bits per heavy atom. The molecule has 1 aliphatic rings. The second kappa shape index (κ2) is 5.27. The molecule has 0 spiro atoms. The predicted octanol–water partition coefficient (Wildman–Crippen LogP) is 2.84. The maximum atomic E-state index is 13.1. The van der Waals surface area contributed by atoms with Crippen molar-refractivity contribution in [3.05, 3.63) is 35.1 Å². The molecule has 1 aliphatic carbocycles. The average Bonchev–Trinajstić information content (AvgIpc) is 3.07. The first-order valence-corrected chi connectivity index (χ1v) is 5.75. The smallest absolute Gasteiger partial charge is 0.335 e. The predicted molar refractivity (Wildman–Crippen MR) is 60.4 cm³/mol. The zero-order valence-electron chi connectivity index (χ0n) is 9.49. The van der Waals surface area contributed by atoms with Crippen molar-refractivity contribution < 1.29 is 19.0 Å². The summed E-state index contributed by atoms with van der Waals surface area (Å²) in [6, 6.07) is 3.77. The lowest BCUT2D eigenvalue weighted by Crippen LogP contribution is -2.01. The topological polar surface area (TPSA) is 46.5 Å². The molecule has 0 atom stereocenters. The van der Waals surface area contributed by atoms with Crippen LogP contribution in [-0.4, -0.2) is 17.7 Å². The van der Waals surface area contributed by atoms with Crippen LogP contribution in [-0.2, 0) is 11.3 Å². The molecule has 3 nitrogen and oxygen atoms in total. The molecule has 0 saturated heterocycles. The second-order valence-corrected chi connectivity index (χ2v) is 4.44. The van der Waals surface area contributed by atoms with Gasteiger partial charge in [0.05, 0.1) is 12.2 Å². The molecule has 1 fully saturated rings. The molecule has 1 aromatic rings. The minimum Gasteiger partial charge on any atom is -0.478 e. The van der Waals surface area contributed by atoms with E-state index in [1.807, 2.05) is 0 Å². The zero-order chi connectivity index (χ0) is 12.3. The van der Waals surface area contributed by atoms with Gasteiger partial charge in [0.2, 0.25) is 0 Å². The minimum absolute atomic E-state index is 0.0363. The van der Waals surface area contributed by atoms with Crippen molar-refractivity contribution in [3.63, 3.8) is 0 Å². The fourth-order valence-electron chi connectivity index (χ4n) is 1.70. The van der Waals surface area contributed by atoms with E-state index in [4.69, 9.17) is 9.84 Å². The van der Waals surface area contributed by atoms with Crippen molar-refractivity contribution in [3.8, 4) is 0 Å². The first kappa shape index (κ1) is 12.0. The summed E-state index contributed by atoms with van der Waals surface area (Å²) in [6.07, 6.45) is 3.61. The van der Waals surface area contributed by atoms with Gasteiger partial charge in [-0.05, 0) is 36.1 Å². The van der Waals surface area contributed by atoms with Gasteiger partial charge in [0.25, 0.3) is 0 Å². The average molecular weight is 238 g/mol. The summed E-state index contributed by atoms with van der Waals surface area (Å²) in [4.78, 5) is 10.7. The number of carbonyl (C=O) groups is 1. The number of carboxylic acid groups (broad SMARTS) is 1. The van der Waals surface area contributed by atoms with Crippen molar-refractivity contribution in [1.29, 1.82) is 0 Å². The molecule has 17 heavy (non-hydrogen) atoms. The van der Waals surface area contributed by atoms with Gasteiger partial charge in [-0.15, -0.1) is 0 Å². The van der Waals surface area contributed by atoms with Crippen molar-refractivity contribution in [2.45, 2.75) is 25.9 Å². The van der Waals surface area contributed by atoms with Crippen LogP contribution < -0.4 is 0 Å². The highest BCUT2D eigenvalue weighted by molar-refractivity contribution is 5.87. The summed E-state index contributed by atoms with van der Waals surface area (Å²) >= 11 is 0. The van der Waals surface area contributed by atoms with Crippen LogP contribution in [0, 0.1) is 11.7 Å². The molecule has 1 saturated carbocycles. The van der Waals surface area contributed by atoms with Gasteiger partial charge >= 0.3 is 5.97 Å². The Kier molecular flexibility index (Phi) is 3.74. The largest absolute Gasteiger partial charge is 0.478 e. The van der Waals surface area contributed by atoms with Crippen LogP contribution in [0.2, 0.25) is 0 Å². The Hall–Kier alpha value is -1.42. The number of aromatic carboxylic acids is 1. The highest BCUT2D eigenvalue weighted by Crippen LogP contribution is 2.32. The molecule has 0 bridgehead atoms. The van der Waals surface area contributed by atoms with Crippen LogP contribution in [0.3, 0.4) is 0 Å². The van der Waals surface area contributed by atoms with Crippen LogP contribution in [0.5, 0.6) is 0 Å². The molecule has 92 valence electrons. The number of hydrogen-bond donors (Lipinski definition) is 1. The van der Waals surface area contributed by atoms with Crippen LogP contribution in [0.25, 0.3) is 0 Å². The molecule has 0 amide bonds. The Bertz CT molecular complexity index is 413. The summed E-state index contributed by atoms with van der Waals surface area (Å²) < 4.78 is 18.5. The molecule has 0 unspecified atom stereocenters. The lowest BCUT2D eigenvalue weighted by molar-refractivity contribution is 0.0695. The van der Waals surface area contributed by atoms with Crippen LogP contribution in [0.4, 0.5) is 4.39 Å². The van der Waals surface area contributed by atoms with Crippen LogP contribution >= 0.6 is 0 Å². The molecule has 4 heteroatoms. The lowest BCUT2D eigenvalue weighted by atomic mass is 10.1. The minimum atomic E-state index is -1.12. The highest BCUT2D eigenvalue weighted by atomic mass is 19.1. The summed E-state index contributed by atoms with van der Waals surface area (Å²) in [5.41, 5.74) is 0.531. The van der Waals surface area contributed by atoms with Crippen molar-refractivity contribution in [1.82, 2.24) is 0 Å². The Morgan fingerprint density at radius 3 is 2.82 bits per heavy atom. The second-order valence-electron chi connectivity index (χ2n) is 4.44. The highest BCUT2D eigenvalue weighted by Gasteiger charge is 2.20. The van der Waals surface area contributed by atoms with E-state index in [9.17, 15) is 9.18 Å². The lowest BCUT2D eigenvalue weighted by Gasteiger charge is -2.05. The number of rotatable bonds is 6. The van der Waals surface area contributed by atoms with Gasteiger partial charge in [-0.3, -0.25) is 0 Å². The summed E-state index contributed by atoms with van der Waals surface area (Å²) in [5.74, 6) is -0.855. The molecule has 0 aromatic heterocycles. The van der Waals surface area contributed by atoms with E-state index in [2.05, 4.69) is 0 Å². The van der Waals surface area contributed by atoms with E-state index in [0.29, 0.717) is 12.2 Å². The third-order valence-electron chi connectivity index (χ3n) is 2.84. The third kappa shape index (κ3) is 3.82. The van der Waals surface area contributed by atoms with E-state index in [1.165, 1.54) is 25.0 Å². The van der Waals surface area contributed by atoms with Crippen LogP contribution in [0.15, 0.2) is 18.2 Å². The van der Waals surface area contributed by atoms with Gasteiger partial charge in [0.1, 0.15) is 5.82 Å². The monoisotopic (exact) mass is 238 g/mol. The van der Waals surface area contributed by atoms with Gasteiger partial charge in [-0.25, -0.2) is 9.18 Å². The van der Waals surface area contributed by atoms with E-state index >= 15 is 0 Å². The number of ether oxygens (including phenoxy) is 1. The number of hydrogen-bond acceptors (Lipinski definition) is 2. The van der Waals surface area contributed by atoms with E-state index < -0.39 is 11.8 Å². The van der Waals surface area contributed by atoms with E-state index in [0.717, 1.165) is 18.4 Å². The molecule has 0 aliphatic heterocycles. The van der Waals surface area contributed by atoms with Gasteiger partial charge in [0, 0.05) is 6.61 Å². The molecule has 1 aromatic carbocycles. The number of benzene rings is 1. The van der Waals surface area contributed by atoms with Crippen molar-refractivity contribution in [2.75, 3.05) is 6.61 Å². The molecule has 1 N–H and O–H groups in total. The fourth-order valence-corrected chi connectivity index (χ4v) is 1.70. The molecular formula is C13H15FO3. The number of carboxylic acids is 1. The Morgan fingerprint density at radius 2 is 2.18 bits per heavy atom. The third-order valence-corrected chi connectivity index (χ3v) is 2.84. The number of halogens is 1. The quantitative estimate of drug-likeness (QED) is 0.775. The zero-order valence-corrected chi connectivity index (χ0v) is 9.49. The molecule has 2 rings (SSSR count). The summed E-state index contributed by atoms with van der Waals surface area (Å²) in [6.45, 7) is 0.925. The normalized spacial score (nSPS) is 14.9. The fraction of sp³-hybridized carbons (Fsp3) is 0.462. The van der Waals surface area contributed by atoms with Gasteiger partial charge in [-0.1, -0.05) is 12.8 Å². The van der Waals surface area contributed by atoms with E-state index in [-0.39, 0.29) is 12.2 Å². The van der Waals surface area contributed by atoms with Gasteiger partial charge in [0.15, 0.2) is 0 Å². The first-order valence-electron chi connectivity index (χ1n) is 5.75. The molecular weight excluding hydrogens is 223 g/mol. The van der Waals surface area contributed by atoms with Gasteiger partial charge in [-0.2, -0.15) is 0 Å². The standard InChI is InChI=1S/C13H15FO3/c14-12-6-10(5-11(7-12)13(15)16)8-17-4-3-9-1-2-9/h5-7,9H,1-4,8H2,(H,15,16). The summed E-state index contributed by atoms with van der Waals surface area (Å²) in [5, 5.41) is 8.78. The van der Waals surface area contributed by atoms with E-state index in [1.54, 1.807) is 0 Å². The van der Waals surface area contributed by atoms with Crippen molar-refractivity contribution >= 4 is 5.97 Å². The first-order chi connectivity index (χ1) is 8.15. The SMILES string of the molecule is O=C(O)c1cc(F)cc(COCCC2CC2)c1. The molecule has 0 radical (unpaired) electrons. The summed E-state index contributed by atoms with van der Waals surface area (Å²) in [7, 11) is 0. The Balaban J connectivity index is 1.87.